The molecule has 0 aromatic heterocycles. The minimum absolute atomic E-state index is 0.142. The SMILES string of the molecule is CC(=O)N[C@H](Cc1ccccc1F)C(=O)N[C@H](Cc1c(Cl)cccc1Cl)C(=O)O. The van der Waals surface area contributed by atoms with E-state index in [1.165, 1.54) is 25.1 Å². The van der Waals surface area contributed by atoms with Gasteiger partial charge in [0.2, 0.25) is 11.8 Å². The molecule has 154 valence electrons. The highest BCUT2D eigenvalue weighted by molar-refractivity contribution is 6.36. The van der Waals surface area contributed by atoms with Crippen LogP contribution in [0.3, 0.4) is 0 Å². The fourth-order valence-electron chi connectivity index (χ4n) is 2.74. The van der Waals surface area contributed by atoms with Gasteiger partial charge >= 0.3 is 5.97 Å². The Morgan fingerprint density at radius 2 is 1.59 bits per heavy atom. The van der Waals surface area contributed by atoms with Crippen molar-refractivity contribution < 1.29 is 23.9 Å². The lowest BCUT2D eigenvalue weighted by molar-refractivity contribution is -0.142. The van der Waals surface area contributed by atoms with Crippen LogP contribution in [0.25, 0.3) is 0 Å². The van der Waals surface area contributed by atoms with E-state index in [1.54, 1.807) is 24.3 Å². The van der Waals surface area contributed by atoms with Crippen molar-refractivity contribution >= 4 is 41.0 Å². The highest BCUT2D eigenvalue weighted by Crippen LogP contribution is 2.25. The number of carbonyl (C=O) groups excluding carboxylic acids is 2. The molecule has 2 rings (SSSR count). The molecule has 0 aliphatic heterocycles. The van der Waals surface area contributed by atoms with E-state index in [9.17, 15) is 23.9 Å². The normalized spacial score (nSPS) is 12.7. The second-order valence-electron chi connectivity index (χ2n) is 6.35. The minimum Gasteiger partial charge on any atom is -0.480 e. The van der Waals surface area contributed by atoms with E-state index in [-0.39, 0.29) is 28.5 Å². The Hall–Kier alpha value is -2.64. The molecule has 0 unspecified atom stereocenters. The van der Waals surface area contributed by atoms with Crippen molar-refractivity contribution in [2.75, 3.05) is 0 Å². The summed E-state index contributed by atoms with van der Waals surface area (Å²) < 4.78 is 14.0. The van der Waals surface area contributed by atoms with Crippen LogP contribution in [0.2, 0.25) is 10.0 Å². The van der Waals surface area contributed by atoms with Gasteiger partial charge in [-0.3, -0.25) is 9.59 Å². The molecule has 0 spiro atoms. The summed E-state index contributed by atoms with van der Waals surface area (Å²) in [6, 6.07) is 8.03. The Morgan fingerprint density at radius 3 is 2.14 bits per heavy atom. The minimum atomic E-state index is -1.35. The topological polar surface area (TPSA) is 95.5 Å². The molecule has 2 atom stereocenters. The molecule has 2 aromatic rings. The maximum Gasteiger partial charge on any atom is 0.326 e. The van der Waals surface area contributed by atoms with Crippen LogP contribution in [0.15, 0.2) is 42.5 Å². The summed E-state index contributed by atoms with van der Waals surface area (Å²) in [6.45, 7) is 1.21. The van der Waals surface area contributed by atoms with E-state index in [0.29, 0.717) is 5.56 Å². The molecule has 6 nitrogen and oxygen atoms in total. The summed E-state index contributed by atoms with van der Waals surface area (Å²) in [5.74, 6) is -3.11. The van der Waals surface area contributed by atoms with Crippen molar-refractivity contribution in [2.45, 2.75) is 31.8 Å². The van der Waals surface area contributed by atoms with Gasteiger partial charge in [-0.15, -0.1) is 0 Å². The van der Waals surface area contributed by atoms with Crippen molar-refractivity contribution in [2.24, 2.45) is 0 Å². The monoisotopic (exact) mass is 440 g/mol. The van der Waals surface area contributed by atoms with Gasteiger partial charge in [-0.25, -0.2) is 9.18 Å². The standard InChI is InChI=1S/C20H19Cl2FN2O4/c1-11(26)24-17(9-12-5-2-3-8-16(12)23)19(27)25-18(20(28)29)10-13-14(21)6-4-7-15(13)22/h2-8,17-18H,9-10H2,1H3,(H,24,26)(H,25,27)(H,28,29)/t17-,18-/m1/s1. The maximum atomic E-state index is 14.0. The van der Waals surface area contributed by atoms with Crippen LogP contribution in [0.4, 0.5) is 4.39 Å². The maximum absolute atomic E-state index is 14.0. The predicted octanol–water partition coefficient (Wildman–Crippen LogP) is 2.99. The number of rotatable bonds is 8. The Kier molecular flexibility index (Phi) is 7.99. The number of carboxylic acid groups (broad SMARTS) is 1. The van der Waals surface area contributed by atoms with Crippen molar-refractivity contribution in [3.05, 3.63) is 69.5 Å². The number of amides is 2. The fraction of sp³-hybridized carbons (Fsp3) is 0.250. The fourth-order valence-corrected chi connectivity index (χ4v) is 3.29. The molecule has 0 saturated heterocycles. The Bertz CT molecular complexity index is 903. The number of aliphatic carboxylic acids is 1. The first kappa shape index (κ1) is 22.6. The second-order valence-corrected chi connectivity index (χ2v) is 7.17. The molecule has 3 N–H and O–H groups in total. The van der Waals surface area contributed by atoms with Gasteiger partial charge < -0.3 is 15.7 Å². The molecule has 2 amide bonds. The molecule has 0 bridgehead atoms. The van der Waals surface area contributed by atoms with Crippen LogP contribution < -0.4 is 10.6 Å². The lowest BCUT2D eigenvalue weighted by atomic mass is 10.0. The molecule has 2 aromatic carbocycles. The highest BCUT2D eigenvalue weighted by atomic mass is 35.5. The van der Waals surface area contributed by atoms with Gasteiger partial charge in [0.1, 0.15) is 17.9 Å². The van der Waals surface area contributed by atoms with Crippen LogP contribution >= 0.6 is 23.2 Å². The number of carbonyl (C=O) groups is 3. The summed E-state index contributed by atoms with van der Waals surface area (Å²) in [6.07, 6.45) is -0.302. The summed E-state index contributed by atoms with van der Waals surface area (Å²) >= 11 is 12.2. The third-order valence-corrected chi connectivity index (χ3v) is 4.87. The molecule has 0 heterocycles. The number of carboxylic acids is 1. The zero-order chi connectivity index (χ0) is 21.6. The third kappa shape index (κ3) is 6.44. The first-order valence-electron chi connectivity index (χ1n) is 8.65. The van der Waals surface area contributed by atoms with Crippen LogP contribution in [0.5, 0.6) is 0 Å². The van der Waals surface area contributed by atoms with Crippen molar-refractivity contribution in [3.63, 3.8) is 0 Å². The summed E-state index contributed by atoms with van der Waals surface area (Å²) in [7, 11) is 0. The number of hydrogen-bond acceptors (Lipinski definition) is 3. The number of benzene rings is 2. The zero-order valence-corrected chi connectivity index (χ0v) is 16.9. The highest BCUT2D eigenvalue weighted by Gasteiger charge is 2.28. The van der Waals surface area contributed by atoms with Crippen molar-refractivity contribution in [3.8, 4) is 0 Å². The summed E-state index contributed by atoms with van der Waals surface area (Å²) in [5.41, 5.74) is 0.580. The average Bonchev–Trinajstić information content (AvgIpc) is 2.64. The molecule has 29 heavy (non-hydrogen) atoms. The number of halogens is 3. The Balaban J connectivity index is 2.21. The largest absolute Gasteiger partial charge is 0.480 e. The van der Waals surface area contributed by atoms with Gasteiger partial charge in [0.15, 0.2) is 0 Å². The van der Waals surface area contributed by atoms with Crippen LogP contribution in [0.1, 0.15) is 18.1 Å². The van der Waals surface area contributed by atoms with Gasteiger partial charge in [0, 0.05) is 29.8 Å². The Morgan fingerprint density at radius 1 is 0.966 bits per heavy atom. The third-order valence-electron chi connectivity index (χ3n) is 4.16. The summed E-state index contributed by atoms with van der Waals surface area (Å²) in [4.78, 5) is 35.9. The number of hydrogen-bond donors (Lipinski definition) is 3. The van der Waals surface area contributed by atoms with Crippen LogP contribution in [0, 0.1) is 5.82 Å². The van der Waals surface area contributed by atoms with Crippen molar-refractivity contribution in [1.82, 2.24) is 10.6 Å². The lowest BCUT2D eigenvalue weighted by Gasteiger charge is -2.22. The first-order chi connectivity index (χ1) is 13.7. The lowest BCUT2D eigenvalue weighted by Crippen LogP contribution is -2.52. The predicted molar refractivity (Wildman–Crippen MR) is 107 cm³/mol. The van der Waals surface area contributed by atoms with E-state index >= 15 is 0 Å². The summed E-state index contributed by atoms with van der Waals surface area (Å²) in [5, 5.41) is 14.8. The number of nitrogens with one attached hydrogen (secondary N) is 2. The van der Waals surface area contributed by atoms with Crippen LogP contribution in [-0.2, 0) is 27.2 Å². The van der Waals surface area contributed by atoms with Gasteiger partial charge in [-0.05, 0) is 29.3 Å². The van der Waals surface area contributed by atoms with Crippen LogP contribution in [-0.4, -0.2) is 35.0 Å². The van der Waals surface area contributed by atoms with E-state index in [4.69, 9.17) is 23.2 Å². The second kappa shape index (κ2) is 10.2. The molecule has 0 aliphatic carbocycles. The molecular weight excluding hydrogens is 422 g/mol. The van der Waals surface area contributed by atoms with E-state index in [2.05, 4.69) is 10.6 Å². The van der Waals surface area contributed by atoms with Gasteiger partial charge in [-0.1, -0.05) is 47.5 Å². The quantitative estimate of drug-likeness (QED) is 0.587. The molecule has 0 saturated carbocycles. The molecule has 0 radical (unpaired) electrons. The van der Waals surface area contributed by atoms with Gasteiger partial charge in [0.05, 0.1) is 0 Å². The van der Waals surface area contributed by atoms with Gasteiger partial charge in [0.25, 0.3) is 0 Å². The van der Waals surface area contributed by atoms with E-state index in [0.717, 1.165) is 0 Å². The van der Waals surface area contributed by atoms with Gasteiger partial charge in [-0.2, -0.15) is 0 Å². The zero-order valence-electron chi connectivity index (χ0n) is 15.4. The Labute approximate surface area is 177 Å². The first-order valence-corrected chi connectivity index (χ1v) is 9.41. The molecule has 0 aliphatic rings. The molecular formula is C20H19Cl2FN2O4. The average molecular weight is 441 g/mol. The van der Waals surface area contributed by atoms with E-state index < -0.39 is 35.7 Å². The van der Waals surface area contributed by atoms with E-state index in [1.807, 2.05) is 0 Å². The molecule has 9 heteroatoms. The van der Waals surface area contributed by atoms with Crippen molar-refractivity contribution in [1.29, 1.82) is 0 Å². The smallest absolute Gasteiger partial charge is 0.326 e. The molecule has 0 fully saturated rings.